The van der Waals surface area contributed by atoms with Crippen molar-refractivity contribution in [3.8, 4) is 0 Å². The number of hydrogen-bond donors (Lipinski definition) is 2. The maximum absolute atomic E-state index is 5.58. The van der Waals surface area contributed by atoms with Gasteiger partial charge in [-0.3, -0.25) is 5.01 Å². The zero-order chi connectivity index (χ0) is 10.9. The number of rotatable bonds is 3. The molecule has 0 radical (unpaired) electrons. The van der Waals surface area contributed by atoms with Crippen LogP contribution in [-0.2, 0) is 0 Å². The first-order valence-corrected chi connectivity index (χ1v) is 4.39. The van der Waals surface area contributed by atoms with E-state index in [-0.39, 0.29) is 0 Å². The van der Waals surface area contributed by atoms with Gasteiger partial charge >= 0.3 is 0 Å². The molecule has 0 bridgehead atoms. The average molecular weight is 183 g/mol. The Hall–Kier alpha value is -1.22. The van der Waals surface area contributed by atoms with E-state index in [0.717, 1.165) is 5.70 Å². The van der Waals surface area contributed by atoms with E-state index in [4.69, 9.17) is 11.6 Å². The maximum atomic E-state index is 5.58. The predicted molar refractivity (Wildman–Crippen MR) is 59.3 cm³/mol. The Morgan fingerprint density at radius 3 is 2.08 bits per heavy atom. The highest BCUT2D eigenvalue weighted by Crippen LogP contribution is 2.03. The van der Waals surface area contributed by atoms with E-state index in [0.29, 0.717) is 5.70 Å². The Morgan fingerprint density at radius 1 is 1.38 bits per heavy atom. The van der Waals surface area contributed by atoms with E-state index in [2.05, 4.69) is 6.58 Å². The van der Waals surface area contributed by atoms with Gasteiger partial charge in [0.2, 0.25) is 0 Å². The second-order valence-corrected chi connectivity index (χ2v) is 2.16. The third kappa shape index (κ3) is 5.99. The average Bonchev–Trinajstić information content (AvgIpc) is 2.09. The first kappa shape index (κ1) is 14.3. The summed E-state index contributed by atoms with van der Waals surface area (Å²) in [7, 11) is 0. The molecule has 0 aliphatic heterocycles. The molecule has 0 rings (SSSR count). The van der Waals surface area contributed by atoms with Crippen molar-refractivity contribution in [2.45, 2.75) is 27.7 Å². The van der Waals surface area contributed by atoms with Crippen molar-refractivity contribution in [3.05, 3.63) is 36.3 Å². The summed E-state index contributed by atoms with van der Waals surface area (Å²) in [5.41, 5.74) is 6.91. The van der Waals surface area contributed by atoms with Gasteiger partial charge in [0.25, 0.3) is 0 Å². The number of allylic oxidation sites excluding steroid dienone is 3. The first-order chi connectivity index (χ1) is 6.13. The van der Waals surface area contributed by atoms with Gasteiger partial charge < -0.3 is 5.73 Å². The fraction of sp³-hybridized carbons (Fsp3) is 0.400. The van der Waals surface area contributed by atoms with Crippen LogP contribution in [0.25, 0.3) is 0 Å². The molecule has 0 atom stereocenters. The van der Waals surface area contributed by atoms with Gasteiger partial charge in [-0.25, -0.2) is 5.84 Å². The number of hydrazine groups is 1. The molecule has 0 aromatic rings. The molecule has 3 heteroatoms. The number of hydrogen-bond acceptors (Lipinski definition) is 3. The van der Waals surface area contributed by atoms with Gasteiger partial charge in [0, 0.05) is 11.9 Å². The van der Waals surface area contributed by atoms with E-state index >= 15 is 0 Å². The number of nitrogens with two attached hydrogens (primary N) is 2. The molecule has 0 aliphatic carbocycles. The minimum absolute atomic E-state index is 0.653. The van der Waals surface area contributed by atoms with Gasteiger partial charge in [-0.2, -0.15) is 0 Å². The van der Waals surface area contributed by atoms with Crippen molar-refractivity contribution >= 4 is 0 Å². The Labute approximate surface area is 81.4 Å². The minimum Gasteiger partial charge on any atom is -0.401 e. The van der Waals surface area contributed by atoms with Crippen molar-refractivity contribution in [2.75, 3.05) is 0 Å². The summed E-state index contributed by atoms with van der Waals surface area (Å²) in [5.74, 6) is 5.58. The van der Waals surface area contributed by atoms with E-state index in [1.54, 1.807) is 19.2 Å². The SMILES string of the molecule is C=C/C(=C(\C)N)N(N)/C=C\C.CC. The third-order valence-electron chi connectivity index (χ3n) is 1.19. The molecular formula is C10H21N3. The van der Waals surface area contributed by atoms with E-state index in [1.807, 2.05) is 26.8 Å². The fourth-order valence-electron chi connectivity index (χ4n) is 0.711. The van der Waals surface area contributed by atoms with Gasteiger partial charge in [0.1, 0.15) is 0 Å². The Morgan fingerprint density at radius 2 is 1.85 bits per heavy atom. The van der Waals surface area contributed by atoms with Gasteiger partial charge in [-0.05, 0) is 19.9 Å². The Bertz CT molecular complexity index is 188. The highest BCUT2D eigenvalue weighted by molar-refractivity contribution is 5.20. The molecule has 0 fully saturated rings. The van der Waals surface area contributed by atoms with Crippen molar-refractivity contribution < 1.29 is 0 Å². The van der Waals surface area contributed by atoms with Crippen LogP contribution in [0.1, 0.15) is 27.7 Å². The molecule has 0 aromatic heterocycles. The van der Waals surface area contributed by atoms with Gasteiger partial charge in [-0.15, -0.1) is 0 Å². The fourth-order valence-corrected chi connectivity index (χ4v) is 0.711. The van der Waals surface area contributed by atoms with Crippen LogP contribution in [0, 0.1) is 0 Å². The van der Waals surface area contributed by atoms with Crippen LogP contribution >= 0.6 is 0 Å². The molecule has 0 aliphatic rings. The summed E-state index contributed by atoms with van der Waals surface area (Å²) < 4.78 is 0. The van der Waals surface area contributed by atoms with Crippen molar-refractivity contribution in [1.29, 1.82) is 0 Å². The quantitative estimate of drug-likeness (QED) is 0.400. The molecule has 0 saturated heterocycles. The monoisotopic (exact) mass is 183 g/mol. The normalized spacial score (nSPS) is 11.5. The molecule has 0 amide bonds. The van der Waals surface area contributed by atoms with Crippen LogP contribution in [0.15, 0.2) is 36.3 Å². The summed E-state index contributed by atoms with van der Waals surface area (Å²) in [6, 6.07) is 0. The van der Waals surface area contributed by atoms with Crippen LogP contribution in [0.2, 0.25) is 0 Å². The second kappa shape index (κ2) is 8.87. The molecule has 76 valence electrons. The zero-order valence-electron chi connectivity index (χ0n) is 9.04. The third-order valence-corrected chi connectivity index (χ3v) is 1.19. The van der Waals surface area contributed by atoms with Crippen LogP contribution in [0.4, 0.5) is 0 Å². The molecule has 0 spiro atoms. The van der Waals surface area contributed by atoms with Gasteiger partial charge in [-0.1, -0.05) is 26.5 Å². The summed E-state index contributed by atoms with van der Waals surface area (Å²) in [4.78, 5) is 0. The highest BCUT2D eigenvalue weighted by Gasteiger charge is 1.98. The van der Waals surface area contributed by atoms with E-state index in [1.165, 1.54) is 5.01 Å². The minimum atomic E-state index is 0.653. The molecule has 0 unspecified atom stereocenters. The molecule has 0 heterocycles. The lowest BCUT2D eigenvalue weighted by molar-refractivity contribution is 0.501. The molecule has 4 N–H and O–H groups in total. The molecule has 13 heavy (non-hydrogen) atoms. The van der Waals surface area contributed by atoms with Gasteiger partial charge in [0.05, 0.1) is 5.70 Å². The van der Waals surface area contributed by atoms with E-state index < -0.39 is 0 Å². The Balaban J connectivity index is 0. The summed E-state index contributed by atoms with van der Waals surface area (Å²) in [6.07, 6.45) is 5.16. The topological polar surface area (TPSA) is 55.3 Å². The van der Waals surface area contributed by atoms with Crippen LogP contribution in [0.5, 0.6) is 0 Å². The van der Waals surface area contributed by atoms with Crippen LogP contribution < -0.4 is 11.6 Å². The Kier molecular flexibility index (Phi) is 9.77. The summed E-state index contributed by atoms with van der Waals surface area (Å²) in [5, 5.41) is 1.43. The van der Waals surface area contributed by atoms with Gasteiger partial charge in [0.15, 0.2) is 0 Å². The van der Waals surface area contributed by atoms with Crippen LogP contribution in [0.3, 0.4) is 0 Å². The lowest BCUT2D eigenvalue weighted by atomic mass is 10.3. The largest absolute Gasteiger partial charge is 0.401 e. The number of nitrogens with zero attached hydrogens (tertiary/aromatic N) is 1. The first-order valence-electron chi connectivity index (χ1n) is 4.39. The maximum Gasteiger partial charge on any atom is 0.0746 e. The lowest BCUT2D eigenvalue weighted by Crippen LogP contribution is -2.25. The molecule has 0 saturated carbocycles. The lowest BCUT2D eigenvalue weighted by Gasteiger charge is -2.15. The second-order valence-electron chi connectivity index (χ2n) is 2.16. The van der Waals surface area contributed by atoms with Crippen molar-refractivity contribution in [1.82, 2.24) is 5.01 Å². The summed E-state index contributed by atoms with van der Waals surface area (Å²) in [6.45, 7) is 11.3. The standard InChI is InChI=1S/C8H15N3.C2H6/c1-4-6-11(10)8(5-2)7(3)9;1-2/h4-6H,2,9-10H2,1,3H3;1-2H3/b6-4-,8-7-;. The smallest absolute Gasteiger partial charge is 0.0746 e. The molecule has 0 aromatic carbocycles. The predicted octanol–water partition coefficient (Wildman–Crippen LogP) is 2.10. The summed E-state index contributed by atoms with van der Waals surface area (Å²) >= 11 is 0. The highest BCUT2D eigenvalue weighted by atomic mass is 15.4. The van der Waals surface area contributed by atoms with Crippen LogP contribution in [-0.4, -0.2) is 5.01 Å². The zero-order valence-corrected chi connectivity index (χ0v) is 9.04. The van der Waals surface area contributed by atoms with E-state index in [9.17, 15) is 0 Å². The molecular weight excluding hydrogens is 162 g/mol. The molecule has 3 nitrogen and oxygen atoms in total. The van der Waals surface area contributed by atoms with Crippen molar-refractivity contribution in [2.24, 2.45) is 11.6 Å². The van der Waals surface area contributed by atoms with Crippen molar-refractivity contribution in [3.63, 3.8) is 0 Å².